The number of aromatic nitrogens is 4. The Morgan fingerprint density at radius 3 is 2.78 bits per heavy atom. The number of H-pyrrole nitrogens is 1. The van der Waals surface area contributed by atoms with Gasteiger partial charge >= 0.3 is 5.69 Å². The first-order valence-electron chi connectivity index (χ1n) is 5.33. The van der Waals surface area contributed by atoms with Crippen LogP contribution >= 0.6 is 11.6 Å². The number of imidazole rings is 1. The minimum Gasteiger partial charge on any atom is -0.383 e. The first kappa shape index (κ1) is 12.8. The van der Waals surface area contributed by atoms with Gasteiger partial charge in [-0.25, -0.2) is 9.78 Å². The van der Waals surface area contributed by atoms with Crippen molar-refractivity contribution in [1.82, 2.24) is 19.1 Å². The largest absolute Gasteiger partial charge is 0.383 e. The Morgan fingerprint density at radius 2 is 2.17 bits per heavy atom. The lowest BCUT2D eigenvalue weighted by molar-refractivity contribution is 0.186. The number of aromatic amines is 1. The predicted molar refractivity (Wildman–Crippen MR) is 67.0 cm³/mol. The van der Waals surface area contributed by atoms with Crippen LogP contribution < -0.4 is 11.2 Å². The van der Waals surface area contributed by atoms with E-state index in [9.17, 15) is 9.59 Å². The van der Waals surface area contributed by atoms with Gasteiger partial charge in [-0.15, -0.1) is 11.6 Å². The van der Waals surface area contributed by atoms with Gasteiger partial charge in [0.1, 0.15) is 11.3 Å². The van der Waals surface area contributed by atoms with E-state index >= 15 is 0 Å². The summed E-state index contributed by atoms with van der Waals surface area (Å²) in [6.45, 7) is 0.683. The molecule has 1 N–H and O–H groups in total. The van der Waals surface area contributed by atoms with Crippen LogP contribution in [0.25, 0.3) is 11.2 Å². The van der Waals surface area contributed by atoms with Crippen LogP contribution in [0.4, 0.5) is 0 Å². The summed E-state index contributed by atoms with van der Waals surface area (Å²) in [4.78, 5) is 30.9. The summed E-state index contributed by atoms with van der Waals surface area (Å²) >= 11 is 5.67. The Bertz CT molecular complexity index is 685. The second kappa shape index (κ2) is 4.95. The molecule has 18 heavy (non-hydrogen) atoms. The van der Waals surface area contributed by atoms with Crippen LogP contribution in [-0.4, -0.2) is 32.8 Å². The minimum absolute atomic E-state index is 0.149. The van der Waals surface area contributed by atoms with Crippen molar-refractivity contribution in [2.75, 3.05) is 13.7 Å². The van der Waals surface area contributed by atoms with Crippen LogP contribution in [0, 0.1) is 0 Å². The molecule has 0 saturated heterocycles. The molecule has 7 nitrogen and oxygen atoms in total. The highest BCUT2D eigenvalue weighted by atomic mass is 35.5. The standard InChI is InChI=1S/C10H13ClN4O3/c1-14-9(16)7-8(13-6(5-11)12-7)15(10(14)17)3-4-18-2/h3-5H2,1-2H3,(H,12,13). The fourth-order valence-corrected chi connectivity index (χ4v) is 1.86. The molecule has 2 aromatic rings. The van der Waals surface area contributed by atoms with Gasteiger partial charge in [0.05, 0.1) is 19.0 Å². The van der Waals surface area contributed by atoms with Crippen LogP contribution in [0.15, 0.2) is 9.59 Å². The van der Waals surface area contributed by atoms with Gasteiger partial charge in [-0.3, -0.25) is 13.9 Å². The van der Waals surface area contributed by atoms with Crippen molar-refractivity contribution in [3.8, 4) is 0 Å². The zero-order valence-corrected chi connectivity index (χ0v) is 10.8. The molecule has 0 atom stereocenters. The maximum absolute atomic E-state index is 12.0. The summed E-state index contributed by atoms with van der Waals surface area (Å²) in [6.07, 6.45) is 0. The third kappa shape index (κ3) is 1.95. The van der Waals surface area contributed by atoms with E-state index in [0.717, 1.165) is 4.57 Å². The summed E-state index contributed by atoms with van der Waals surface area (Å²) in [5.41, 5.74) is -0.232. The monoisotopic (exact) mass is 272 g/mol. The Balaban J connectivity index is 2.77. The molecule has 2 rings (SSSR count). The number of rotatable bonds is 4. The van der Waals surface area contributed by atoms with Gasteiger partial charge < -0.3 is 9.72 Å². The van der Waals surface area contributed by atoms with Crippen molar-refractivity contribution in [3.05, 3.63) is 26.7 Å². The molecule has 0 radical (unpaired) electrons. The number of nitrogens with zero attached hydrogens (tertiary/aromatic N) is 3. The Labute approximate surface area is 107 Å². The van der Waals surface area contributed by atoms with Gasteiger partial charge in [0, 0.05) is 14.2 Å². The van der Waals surface area contributed by atoms with Crippen LogP contribution in [0.2, 0.25) is 0 Å². The van der Waals surface area contributed by atoms with E-state index in [2.05, 4.69) is 9.97 Å². The molecule has 8 heteroatoms. The Hall–Kier alpha value is -1.60. The highest BCUT2D eigenvalue weighted by Gasteiger charge is 2.14. The summed E-state index contributed by atoms with van der Waals surface area (Å²) in [5.74, 6) is 0.608. The highest BCUT2D eigenvalue weighted by molar-refractivity contribution is 6.16. The number of halogens is 1. The maximum Gasteiger partial charge on any atom is 0.332 e. The van der Waals surface area contributed by atoms with Gasteiger partial charge in [-0.1, -0.05) is 0 Å². The lowest BCUT2D eigenvalue weighted by atomic mass is 10.5. The number of hydrogen-bond donors (Lipinski definition) is 1. The van der Waals surface area contributed by atoms with E-state index in [-0.39, 0.29) is 11.4 Å². The number of methoxy groups -OCH3 is 1. The summed E-state index contributed by atoms with van der Waals surface area (Å²) in [7, 11) is 2.97. The molecule has 0 unspecified atom stereocenters. The molecule has 0 aliphatic rings. The number of ether oxygens (including phenoxy) is 1. The van der Waals surface area contributed by atoms with Gasteiger partial charge in [0.25, 0.3) is 5.56 Å². The molecule has 2 aromatic heterocycles. The molecule has 0 fully saturated rings. The molecule has 2 heterocycles. The fraction of sp³-hybridized carbons (Fsp3) is 0.500. The van der Waals surface area contributed by atoms with Crippen molar-refractivity contribution in [2.24, 2.45) is 7.05 Å². The molecule has 0 spiro atoms. The van der Waals surface area contributed by atoms with E-state index < -0.39 is 11.2 Å². The van der Waals surface area contributed by atoms with Crippen molar-refractivity contribution in [1.29, 1.82) is 0 Å². The highest BCUT2D eigenvalue weighted by Crippen LogP contribution is 2.07. The van der Waals surface area contributed by atoms with E-state index in [0.29, 0.717) is 24.6 Å². The van der Waals surface area contributed by atoms with Gasteiger partial charge in [0.2, 0.25) is 0 Å². The molecular formula is C10H13ClN4O3. The number of nitrogens with one attached hydrogen (secondary N) is 1. The Kier molecular flexibility index (Phi) is 3.53. The summed E-state index contributed by atoms with van der Waals surface area (Å²) in [6, 6.07) is 0. The van der Waals surface area contributed by atoms with Crippen LogP contribution in [0.1, 0.15) is 5.82 Å². The van der Waals surface area contributed by atoms with Crippen molar-refractivity contribution >= 4 is 22.8 Å². The quantitative estimate of drug-likeness (QED) is 0.782. The second-order valence-corrected chi connectivity index (χ2v) is 4.07. The molecule has 0 saturated carbocycles. The smallest absolute Gasteiger partial charge is 0.332 e. The third-order valence-corrected chi connectivity index (χ3v) is 2.92. The maximum atomic E-state index is 12.0. The first-order valence-corrected chi connectivity index (χ1v) is 5.87. The fourth-order valence-electron chi connectivity index (χ4n) is 1.73. The normalized spacial score (nSPS) is 11.3. The minimum atomic E-state index is -0.419. The third-order valence-electron chi connectivity index (χ3n) is 2.67. The van der Waals surface area contributed by atoms with Crippen molar-refractivity contribution in [2.45, 2.75) is 12.4 Å². The topological polar surface area (TPSA) is 81.9 Å². The molecular weight excluding hydrogens is 260 g/mol. The van der Waals surface area contributed by atoms with E-state index in [4.69, 9.17) is 16.3 Å². The average molecular weight is 273 g/mol. The van der Waals surface area contributed by atoms with Crippen LogP contribution in [0.5, 0.6) is 0 Å². The lowest BCUT2D eigenvalue weighted by Gasteiger charge is -2.07. The van der Waals surface area contributed by atoms with Gasteiger partial charge in [-0.05, 0) is 0 Å². The molecule has 0 aliphatic carbocycles. The second-order valence-electron chi connectivity index (χ2n) is 3.81. The zero-order valence-electron chi connectivity index (χ0n) is 10.1. The number of alkyl halides is 1. The van der Waals surface area contributed by atoms with E-state index in [1.54, 1.807) is 7.11 Å². The van der Waals surface area contributed by atoms with Gasteiger partial charge in [0.15, 0.2) is 5.65 Å². The molecule has 98 valence electrons. The molecule has 0 amide bonds. The van der Waals surface area contributed by atoms with Crippen LogP contribution in [-0.2, 0) is 24.2 Å². The lowest BCUT2D eigenvalue weighted by Crippen LogP contribution is -2.38. The van der Waals surface area contributed by atoms with Crippen molar-refractivity contribution in [3.63, 3.8) is 0 Å². The summed E-state index contributed by atoms with van der Waals surface area (Å²) < 4.78 is 7.37. The van der Waals surface area contributed by atoms with Crippen molar-refractivity contribution < 1.29 is 4.74 Å². The number of fused-ring (bicyclic) bond motifs is 1. The first-order chi connectivity index (χ1) is 8.60. The molecule has 0 aliphatic heterocycles. The predicted octanol–water partition coefficient (Wildman–Crippen LogP) is -0.191. The zero-order chi connectivity index (χ0) is 13.3. The van der Waals surface area contributed by atoms with E-state index in [1.165, 1.54) is 11.6 Å². The van der Waals surface area contributed by atoms with Crippen LogP contribution in [0.3, 0.4) is 0 Å². The van der Waals surface area contributed by atoms with E-state index in [1.807, 2.05) is 0 Å². The number of hydrogen-bond acceptors (Lipinski definition) is 4. The molecule has 0 aromatic carbocycles. The average Bonchev–Trinajstić information content (AvgIpc) is 2.80. The molecule has 0 bridgehead atoms. The Morgan fingerprint density at radius 1 is 1.44 bits per heavy atom. The summed E-state index contributed by atoms with van der Waals surface area (Å²) in [5, 5.41) is 0. The SMILES string of the molecule is COCCn1c(=O)n(C)c(=O)c2[nH]c(CCl)nc21. The van der Waals surface area contributed by atoms with Gasteiger partial charge in [-0.2, -0.15) is 0 Å².